The summed E-state index contributed by atoms with van der Waals surface area (Å²) in [5, 5.41) is 13.0. The molecule has 1 aromatic rings. The van der Waals surface area contributed by atoms with Crippen LogP contribution in [0.15, 0.2) is 24.3 Å². The first kappa shape index (κ1) is 13.8. The first-order valence-electron chi connectivity index (χ1n) is 6.50. The van der Waals surface area contributed by atoms with Gasteiger partial charge in [-0.25, -0.2) is 0 Å². The van der Waals surface area contributed by atoms with Crippen LogP contribution < -0.4 is 5.32 Å². The number of nitrogens with one attached hydrogen (secondary N) is 1. The molecule has 0 saturated heterocycles. The third-order valence-electron chi connectivity index (χ3n) is 3.31. The highest BCUT2D eigenvalue weighted by Crippen LogP contribution is 2.18. The lowest BCUT2D eigenvalue weighted by atomic mass is 10.00. The highest BCUT2D eigenvalue weighted by atomic mass is 35.5. The quantitative estimate of drug-likeness (QED) is 0.629. The molecule has 0 aliphatic carbocycles. The van der Waals surface area contributed by atoms with E-state index in [1.54, 1.807) is 0 Å². The number of rotatable bonds is 5. The predicted octanol–water partition coefficient (Wildman–Crippen LogP) is 1.58. The second-order valence-corrected chi connectivity index (χ2v) is 5.59. The van der Waals surface area contributed by atoms with Gasteiger partial charge in [-0.1, -0.05) is 24.3 Å². The molecule has 0 radical (unpaired) electrons. The van der Waals surface area contributed by atoms with Crippen LogP contribution in [-0.4, -0.2) is 41.2 Å². The SMILES string of the molecule is CC(Cl)NC[C@H](O)CN1CCc2ccccc2C1. The average molecular weight is 269 g/mol. The predicted molar refractivity (Wildman–Crippen MR) is 74.7 cm³/mol. The van der Waals surface area contributed by atoms with E-state index in [0.717, 1.165) is 19.5 Å². The van der Waals surface area contributed by atoms with Gasteiger partial charge < -0.3 is 5.11 Å². The second-order valence-electron chi connectivity index (χ2n) is 4.93. The number of aliphatic hydroxyl groups excluding tert-OH is 1. The summed E-state index contributed by atoms with van der Waals surface area (Å²) in [6.45, 7) is 5.06. The van der Waals surface area contributed by atoms with Gasteiger partial charge in [0.05, 0.1) is 11.6 Å². The molecule has 2 atom stereocenters. The summed E-state index contributed by atoms with van der Waals surface area (Å²) in [6.07, 6.45) is 0.707. The monoisotopic (exact) mass is 268 g/mol. The van der Waals surface area contributed by atoms with E-state index in [0.29, 0.717) is 13.1 Å². The summed E-state index contributed by atoms with van der Waals surface area (Å²) >= 11 is 5.80. The molecule has 4 heteroatoms. The van der Waals surface area contributed by atoms with Crippen LogP contribution in [0.5, 0.6) is 0 Å². The fourth-order valence-corrected chi connectivity index (χ4v) is 2.46. The lowest BCUT2D eigenvalue weighted by Crippen LogP contribution is -2.41. The first-order valence-corrected chi connectivity index (χ1v) is 6.93. The summed E-state index contributed by atoms with van der Waals surface area (Å²) in [5.74, 6) is 0. The average Bonchev–Trinajstić information content (AvgIpc) is 2.36. The lowest BCUT2D eigenvalue weighted by Gasteiger charge is -2.30. The Bertz CT molecular complexity index is 384. The third-order valence-corrected chi connectivity index (χ3v) is 3.47. The molecule has 3 nitrogen and oxygen atoms in total. The highest BCUT2D eigenvalue weighted by molar-refractivity contribution is 6.20. The number of benzene rings is 1. The smallest absolute Gasteiger partial charge is 0.0797 e. The van der Waals surface area contributed by atoms with Gasteiger partial charge in [-0.15, -0.1) is 11.6 Å². The summed E-state index contributed by atoms with van der Waals surface area (Å²) in [6, 6.07) is 8.54. The fourth-order valence-electron chi connectivity index (χ4n) is 2.37. The Hall–Kier alpha value is -0.610. The maximum absolute atomic E-state index is 9.94. The molecule has 100 valence electrons. The van der Waals surface area contributed by atoms with Crippen molar-refractivity contribution in [2.45, 2.75) is 31.5 Å². The maximum Gasteiger partial charge on any atom is 0.0797 e. The van der Waals surface area contributed by atoms with Crippen LogP contribution in [0.25, 0.3) is 0 Å². The van der Waals surface area contributed by atoms with E-state index in [4.69, 9.17) is 11.6 Å². The van der Waals surface area contributed by atoms with Crippen molar-refractivity contribution in [1.29, 1.82) is 0 Å². The van der Waals surface area contributed by atoms with E-state index in [1.807, 2.05) is 6.92 Å². The number of nitrogens with zero attached hydrogens (tertiary/aromatic N) is 1. The molecule has 18 heavy (non-hydrogen) atoms. The molecule has 2 N–H and O–H groups in total. The Morgan fingerprint density at radius 3 is 2.83 bits per heavy atom. The Morgan fingerprint density at radius 1 is 1.39 bits per heavy atom. The standard InChI is InChI=1S/C14H21ClN2O/c1-11(15)16-8-14(18)10-17-7-6-12-4-2-3-5-13(12)9-17/h2-5,11,14,16,18H,6-10H2,1H3/t11?,14-/m0/s1. The Labute approximate surface area is 114 Å². The topological polar surface area (TPSA) is 35.5 Å². The van der Waals surface area contributed by atoms with Crippen LogP contribution in [0.1, 0.15) is 18.1 Å². The fraction of sp³-hybridized carbons (Fsp3) is 0.571. The van der Waals surface area contributed by atoms with Crippen LogP contribution in [0.4, 0.5) is 0 Å². The van der Waals surface area contributed by atoms with Crippen LogP contribution in [0.3, 0.4) is 0 Å². The van der Waals surface area contributed by atoms with E-state index < -0.39 is 0 Å². The van der Waals surface area contributed by atoms with Crippen molar-refractivity contribution in [3.63, 3.8) is 0 Å². The minimum Gasteiger partial charge on any atom is -0.390 e. The minimum absolute atomic E-state index is 0.0956. The van der Waals surface area contributed by atoms with Gasteiger partial charge in [0.2, 0.25) is 0 Å². The molecule has 2 rings (SSSR count). The summed E-state index contributed by atoms with van der Waals surface area (Å²) in [4.78, 5) is 2.30. The highest BCUT2D eigenvalue weighted by Gasteiger charge is 2.18. The van der Waals surface area contributed by atoms with Crippen molar-refractivity contribution in [2.75, 3.05) is 19.6 Å². The molecule has 1 aliphatic heterocycles. The molecule has 0 fully saturated rings. The normalized spacial score (nSPS) is 19.3. The van der Waals surface area contributed by atoms with Gasteiger partial charge in [0.15, 0.2) is 0 Å². The van der Waals surface area contributed by atoms with Crippen molar-refractivity contribution >= 4 is 11.6 Å². The zero-order valence-electron chi connectivity index (χ0n) is 10.8. The number of fused-ring (bicyclic) bond motifs is 1. The van der Waals surface area contributed by atoms with Crippen molar-refractivity contribution in [3.05, 3.63) is 35.4 Å². The van der Waals surface area contributed by atoms with Gasteiger partial charge in [-0.05, 0) is 24.5 Å². The molecule has 1 unspecified atom stereocenters. The lowest BCUT2D eigenvalue weighted by molar-refractivity contribution is 0.104. The van der Waals surface area contributed by atoms with Gasteiger partial charge in [-0.2, -0.15) is 0 Å². The number of alkyl halides is 1. The van der Waals surface area contributed by atoms with Gasteiger partial charge in [-0.3, -0.25) is 10.2 Å². The van der Waals surface area contributed by atoms with Crippen LogP contribution in [0.2, 0.25) is 0 Å². The molecule has 0 saturated carbocycles. The van der Waals surface area contributed by atoms with E-state index >= 15 is 0 Å². The minimum atomic E-state index is -0.364. The summed E-state index contributed by atoms with van der Waals surface area (Å²) < 4.78 is 0. The molecule has 1 heterocycles. The van der Waals surface area contributed by atoms with E-state index in [2.05, 4.69) is 34.5 Å². The molecule has 1 aliphatic rings. The molecule has 0 amide bonds. The molecular formula is C14H21ClN2O. The van der Waals surface area contributed by atoms with Gasteiger partial charge >= 0.3 is 0 Å². The first-order chi connectivity index (χ1) is 8.65. The van der Waals surface area contributed by atoms with Crippen LogP contribution in [0, 0.1) is 0 Å². The molecular weight excluding hydrogens is 248 g/mol. The van der Waals surface area contributed by atoms with E-state index in [-0.39, 0.29) is 11.6 Å². The number of halogens is 1. The molecule has 0 spiro atoms. The zero-order chi connectivity index (χ0) is 13.0. The van der Waals surface area contributed by atoms with Crippen LogP contribution in [-0.2, 0) is 13.0 Å². The second kappa shape index (κ2) is 6.53. The van der Waals surface area contributed by atoms with Gasteiger partial charge in [0.1, 0.15) is 0 Å². The molecule has 1 aromatic carbocycles. The number of hydrogen-bond acceptors (Lipinski definition) is 3. The van der Waals surface area contributed by atoms with Gasteiger partial charge in [0.25, 0.3) is 0 Å². The summed E-state index contributed by atoms with van der Waals surface area (Å²) in [7, 11) is 0. The molecule has 0 bridgehead atoms. The molecule has 0 aromatic heterocycles. The van der Waals surface area contributed by atoms with Crippen molar-refractivity contribution in [1.82, 2.24) is 10.2 Å². The van der Waals surface area contributed by atoms with Crippen LogP contribution >= 0.6 is 11.6 Å². The number of β-amino-alcohol motifs (C(OH)–C–C–N with tert-alkyl or cyclic N) is 1. The zero-order valence-corrected chi connectivity index (χ0v) is 11.5. The Balaban J connectivity index is 1.82. The van der Waals surface area contributed by atoms with Gasteiger partial charge in [0, 0.05) is 26.2 Å². The Kier molecular flexibility index (Phi) is 5.01. The Morgan fingerprint density at radius 2 is 2.11 bits per heavy atom. The third kappa shape index (κ3) is 3.95. The number of aliphatic hydroxyl groups is 1. The van der Waals surface area contributed by atoms with Crippen molar-refractivity contribution in [3.8, 4) is 0 Å². The number of hydrogen-bond donors (Lipinski definition) is 2. The van der Waals surface area contributed by atoms with Crippen molar-refractivity contribution < 1.29 is 5.11 Å². The summed E-state index contributed by atoms with van der Waals surface area (Å²) in [5.41, 5.74) is 2.73. The maximum atomic E-state index is 9.94. The van der Waals surface area contributed by atoms with E-state index in [9.17, 15) is 5.11 Å². The largest absolute Gasteiger partial charge is 0.390 e. The van der Waals surface area contributed by atoms with E-state index in [1.165, 1.54) is 11.1 Å². The van der Waals surface area contributed by atoms with Crippen molar-refractivity contribution in [2.24, 2.45) is 0 Å².